The minimum absolute atomic E-state index is 0.373. The van der Waals surface area contributed by atoms with Crippen LogP contribution < -0.4 is 14.4 Å². The molecule has 0 fully saturated rings. The summed E-state index contributed by atoms with van der Waals surface area (Å²) in [5.41, 5.74) is 5.00. The van der Waals surface area contributed by atoms with Crippen molar-refractivity contribution in [2.45, 2.75) is 0 Å². The zero-order chi connectivity index (χ0) is 21.1. The Kier molecular flexibility index (Phi) is 5.22. The zero-order valence-electron chi connectivity index (χ0n) is 17.0. The lowest BCUT2D eigenvalue weighted by Gasteiger charge is -2.24. The highest BCUT2D eigenvalue weighted by Crippen LogP contribution is 2.33. The monoisotopic (exact) mass is 399 g/mol. The second-order valence-corrected chi connectivity index (χ2v) is 6.69. The molecule has 0 spiro atoms. The molecular weight excluding hydrogens is 378 g/mol. The number of rotatable bonds is 6. The smallest absolute Gasteiger partial charge is 0.124 e. The summed E-state index contributed by atoms with van der Waals surface area (Å²) in [5, 5.41) is 4.21. The highest BCUT2D eigenvalue weighted by molar-refractivity contribution is 5.83. The van der Waals surface area contributed by atoms with Gasteiger partial charge < -0.3 is 14.4 Å². The molecule has 2 aromatic heterocycles. The van der Waals surface area contributed by atoms with E-state index in [9.17, 15) is 0 Å². The lowest BCUT2D eigenvalue weighted by Crippen LogP contribution is -2.17. The summed E-state index contributed by atoms with van der Waals surface area (Å²) in [7, 11) is 5.11. The first kappa shape index (κ1) is 19.3. The van der Waals surface area contributed by atoms with Gasteiger partial charge in [0.25, 0.3) is 0 Å². The summed E-state index contributed by atoms with van der Waals surface area (Å²) < 4.78 is 12.6. The Morgan fingerprint density at radius 3 is 2.40 bits per heavy atom. The molecule has 0 atom stereocenters. The number of anilines is 2. The number of nitrogens with zero attached hydrogens (tertiary/aromatic N) is 5. The maximum atomic E-state index is 5.67. The van der Waals surface area contributed by atoms with Crippen LogP contribution in [0.1, 0.15) is 0 Å². The van der Waals surface area contributed by atoms with E-state index in [0.29, 0.717) is 18.0 Å². The van der Waals surface area contributed by atoms with Crippen molar-refractivity contribution in [3.05, 3.63) is 55.0 Å². The number of fused-ring (bicyclic) bond motifs is 1. The quantitative estimate of drug-likeness (QED) is 0.459. The molecule has 0 aliphatic rings. The van der Waals surface area contributed by atoms with Crippen molar-refractivity contribution < 1.29 is 9.47 Å². The van der Waals surface area contributed by atoms with E-state index in [4.69, 9.17) is 20.9 Å². The van der Waals surface area contributed by atoms with Crippen LogP contribution in [0.4, 0.5) is 11.4 Å². The van der Waals surface area contributed by atoms with Crippen LogP contribution >= 0.6 is 0 Å². The molecule has 0 N–H and O–H groups in total. The molecule has 0 radical (unpaired) electrons. The summed E-state index contributed by atoms with van der Waals surface area (Å²) in [4.78, 5) is 11.3. The number of methoxy groups -OCH3 is 2. The van der Waals surface area contributed by atoms with Crippen molar-refractivity contribution in [3.63, 3.8) is 0 Å². The summed E-state index contributed by atoms with van der Waals surface area (Å²) >= 11 is 0. The van der Waals surface area contributed by atoms with Crippen LogP contribution in [0.5, 0.6) is 11.5 Å². The van der Waals surface area contributed by atoms with E-state index in [1.165, 1.54) is 0 Å². The summed E-state index contributed by atoms with van der Waals surface area (Å²) in [6.07, 6.45) is 11.1. The molecule has 0 amide bonds. The molecule has 0 aliphatic heterocycles. The summed E-state index contributed by atoms with van der Waals surface area (Å²) in [5.74, 6) is 4.10. The average molecular weight is 399 g/mol. The second kappa shape index (κ2) is 8.13. The van der Waals surface area contributed by atoms with Gasteiger partial charge in [0.15, 0.2) is 0 Å². The largest absolute Gasteiger partial charge is 0.497 e. The molecule has 0 unspecified atom stereocenters. The molecule has 2 aromatic carbocycles. The second-order valence-electron chi connectivity index (χ2n) is 6.69. The van der Waals surface area contributed by atoms with E-state index >= 15 is 0 Å². The maximum absolute atomic E-state index is 5.67. The fraction of sp³-hybridized carbons (Fsp3) is 0.174. The zero-order valence-corrected chi connectivity index (χ0v) is 17.0. The first-order chi connectivity index (χ1) is 14.6. The highest BCUT2D eigenvalue weighted by Gasteiger charge is 2.13. The molecular formula is C23H21N5O2. The third-order valence-electron chi connectivity index (χ3n) is 4.74. The van der Waals surface area contributed by atoms with E-state index < -0.39 is 0 Å². The number of terminal acetylenes is 1. The van der Waals surface area contributed by atoms with Crippen LogP contribution in [-0.2, 0) is 7.05 Å². The lowest BCUT2D eigenvalue weighted by molar-refractivity contribution is 0.394. The predicted octanol–water partition coefficient (Wildman–Crippen LogP) is 3.82. The fourth-order valence-electron chi connectivity index (χ4n) is 3.23. The Morgan fingerprint density at radius 2 is 1.77 bits per heavy atom. The normalized spacial score (nSPS) is 10.6. The van der Waals surface area contributed by atoms with Crippen LogP contribution in [0.25, 0.3) is 22.3 Å². The number of hydrogen-bond donors (Lipinski definition) is 0. The van der Waals surface area contributed by atoms with Gasteiger partial charge in [-0.1, -0.05) is 5.92 Å². The Hall–Kier alpha value is -4.05. The fourth-order valence-corrected chi connectivity index (χ4v) is 3.23. The van der Waals surface area contributed by atoms with E-state index in [0.717, 1.165) is 33.7 Å². The standard InChI is InChI=1S/C23H21N5O2/c1-5-8-28(18-9-19(29-3)12-20(10-18)30-4)17-6-7-21-22(11-17)26-23(14-24-21)16-13-25-27(2)15-16/h1,6-7,9-15H,8H2,2-4H3. The number of benzene rings is 2. The molecule has 0 saturated carbocycles. The van der Waals surface area contributed by atoms with Gasteiger partial charge in [0.05, 0.1) is 49.9 Å². The van der Waals surface area contributed by atoms with Gasteiger partial charge in [-0.25, -0.2) is 4.98 Å². The maximum Gasteiger partial charge on any atom is 0.124 e. The molecule has 30 heavy (non-hydrogen) atoms. The van der Waals surface area contributed by atoms with Crippen molar-refractivity contribution in [1.82, 2.24) is 19.7 Å². The SMILES string of the molecule is C#CCN(c1cc(OC)cc(OC)c1)c1ccc2ncc(-c3cnn(C)c3)nc2c1. The van der Waals surface area contributed by atoms with Crippen molar-refractivity contribution in [1.29, 1.82) is 0 Å². The van der Waals surface area contributed by atoms with Gasteiger partial charge in [0.1, 0.15) is 11.5 Å². The molecule has 0 bridgehead atoms. The van der Waals surface area contributed by atoms with Gasteiger partial charge in [-0.05, 0) is 18.2 Å². The Labute approximate surface area is 174 Å². The van der Waals surface area contributed by atoms with Gasteiger partial charge in [0.2, 0.25) is 0 Å². The molecule has 0 saturated heterocycles. The molecule has 150 valence electrons. The van der Waals surface area contributed by atoms with Crippen LogP contribution in [0.2, 0.25) is 0 Å². The third-order valence-corrected chi connectivity index (χ3v) is 4.74. The van der Waals surface area contributed by atoms with Crippen molar-refractivity contribution in [2.75, 3.05) is 25.7 Å². The van der Waals surface area contributed by atoms with Crippen LogP contribution in [0, 0.1) is 12.3 Å². The van der Waals surface area contributed by atoms with Crippen LogP contribution in [0.3, 0.4) is 0 Å². The van der Waals surface area contributed by atoms with Crippen LogP contribution in [-0.4, -0.2) is 40.5 Å². The Balaban J connectivity index is 1.80. The number of aryl methyl sites for hydroxylation is 1. The molecule has 4 rings (SSSR count). The molecule has 7 heteroatoms. The molecule has 7 nitrogen and oxygen atoms in total. The summed E-state index contributed by atoms with van der Waals surface area (Å²) in [6, 6.07) is 11.5. The first-order valence-electron chi connectivity index (χ1n) is 9.31. The topological polar surface area (TPSA) is 65.3 Å². The van der Waals surface area contributed by atoms with Crippen LogP contribution in [0.15, 0.2) is 55.0 Å². The van der Waals surface area contributed by atoms with Crippen molar-refractivity contribution in [2.24, 2.45) is 7.05 Å². The number of aromatic nitrogens is 4. The number of ether oxygens (including phenoxy) is 2. The Morgan fingerprint density at radius 1 is 1.00 bits per heavy atom. The van der Waals surface area contributed by atoms with Crippen molar-refractivity contribution in [3.8, 4) is 35.1 Å². The van der Waals surface area contributed by atoms with Gasteiger partial charge >= 0.3 is 0 Å². The van der Waals surface area contributed by atoms with Gasteiger partial charge in [-0.2, -0.15) is 5.10 Å². The van der Waals surface area contributed by atoms with Gasteiger partial charge in [0, 0.05) is 48.4 Å². The lowest BCUT2D eigenvalue weighted by atomic mass is 10.2. The van der Waals surface area contributed by atoms with Gasteiger partial charge in [-0.15, -0.1) is 6.42 Å². The first-order valence-corrected chi connectivity index (χ1v) is 9.31. The van der Waals surface area contributed by atoms with Gasteiger partial charge in [-0.3, -0.25) is 9.67 Å². The summed E-state index contributed by atoms with van der Waals surface area (Å²) in [6.45, 7) is 0.373. The molecule has 2 heterocycles. The Bertz CT molecular complexity index is 1220. The minimum Gasteiger partial charge on any atom is -0.497 e. The van der Waals surface area contributed by atoms with E-state index in [-0.39, 0.29) is 0 Å². The van der Waals surface area contributed by atoms with Crippen molar-refractivity contribution >= 4 is 22.4 Å². The number of hydrogen-bond acceptors (Lipinski definition) is 6. The molecule has 0 aliphatic carbocycles. The van der Waals surface area contributed by atoms with E-state index in [1.807, 2.05) is 54.5 Å². The van der Waals surface area contributed by atoms with E-state index in [1.54, 1.807) is 31.3 Å². The highest BCUT2D eigenvalue weighted by atomic mass is 16.5. The predicted molar refractivity (Wildman–Crippen MR) is 117 cm³/mol. The average Bonchev–Trinajstić information content (AvgIpc) is 3.22. The van der Waals surface area contributed by atoms with E-state index in [2.05, 4.69) is 16.0 Å². The third kappa shape index (κ3) is 3.76. The minimum atomic E-state index is 0.373. The molecule has 4 aromatic rings.